The molecule has 15 heavy (non-hydrogen) atoms. The van der Waals surface area contributed by atoms with Crippen LogP contribution in [0, 0.1) is 11.6 Å². The van der Waals surface area contributed by atoms with E-state index in [0.717, 1.165) is 12.1 Å². The van der Waals surface area contributed by atoms with Gasteiger partial charge in [0.05, 0.1) is 5.69 Å². The highest BCUT2D eigenvalue weighted by Crippen LogP contribution is 2.15. The molecule has 0 aliphatic rings. The molecule has 0 unspecified atom stereocenters. The smallest absolute Gasteiger partial charge is 0.166 e. The highest BCUT2D eigenvalue weighted by Gasteiger charge is 2.06. The summed E-state index contributed by atoms with van der Waals surface area (Å²) in [5.74, 6) is -1.84. The van der Waals surface area contributed by atoms with E-state index >= 15 is 0 Å². The molecule has 0 bridgehead atoms. The van der Waals surface area contributed by atoms with Gasteiger partial charge in [-0.25, -0.2) is 8.78 Å². The molecule has 0 fully saturated rings. The number of hydrogen-bond acceptors (Lipinski definition) is 1. The number of carbonyl (C=O) groups is 1. The van der Waals surface area contributed by atoms with E-state index < -0.39 is 11.6 Å². The zero-order valence-electron chi connectivity index (χ0n) is 7.65. The van der Waals surface area contributed by atoms with Crippen LogP contribution in [0.2, 0.25) is 0 Å². The summed E-state index contributed by atoms with van der Waals surface area (Å²) in [4.78, 5) is 10.6. The van der Waals surface area contributed by atoms with Crippen molar-refractivity contribution in [2.75, 3.05) is 0 Å². The summed E-state index contributed by atoms with van der Waals surface area (Å²) in [6, 6.07) is 6.73. The van der Waals surface area contributed by atoms with E-state index in [1.54, 1.807) is 18.3 Å². The van der Waals surface area contributed by atoms with Crippen LogP contribution < -0.4 is 0 Å². The molecule has 2 aromatic rings. The minimum absolute atomic E-state index is 0.390. The summed E-state index contributed by atoms with van der Waals surface area (Å²) >= 11 is 0. The van der Waals surface area contributed by atoms with Gasteiger partial charge in [-0.2, -0.15) is 0 Å². The first-order chi connectivity index (χ1) is 7.22. The van der Waals surface area contributed by atoms with Crippen molar-refractivity contribution in [3.8, 4) is 5.69 Å². The predicted molar refractivity (Wildman–Crippen MR) is 51.1 cm³/mol. The SMILES string of the molecule is O=Cc1cccn1-c1ccc(F)c(F)c1. The second-order valence-corrected chi connectivity index (χ2v) is 3.02. The molecule has 0 aliphatic carbocycles. The number of nitrogens with zero attached hydrogens (tertiary/aromatic N) is 1. The minimum atomic E-state index is -0.932. The van der Waals surface area contributed by atoms with Crippen molar-refractivity contribution >= 4 is 6.29 Å². The van der Waals surface area contributed by atoms with E-state index in [0.29, 0.717) is 17.7 Å². The van der Waals surface area contributed by atoms with E-state index in [1.807, 2.05) is 0 Å². The maximum atomic E-state index is 12.9. The Labute approximate surface area is 84.8 Å². The average molecular weight is 207 g/mol. The lowest BCUT2D eigenvalue weighted by Gasteiger charge is -2.05. The fraction of sp³-hybridized carbons (Fsp3) is 0. The number of rotatable bonds is 2. The monoisotopic (exact) mass is 207 g/mol. The van der Waals surface area contributed by atoms with Crippen LogP contribution in [0.1, 0.15) is 10.5 Å². The molecule has 76 valence electrons. The second kappa shape index (κ2) is 3.65. The molecular formula is C11H7F2NO. The molecule has 0 spiro atoms. The zero-order chi connectivity index (χ0) is 10.8. The molecule has 1 heterocycles. The third-order valence-corrected chi connectivity index (χ3v) is 2.08. The Bertz CT molecular complexity index is 505. The van der Waals surface area contributed by atoms with Gasteiger partial charge >= 0.3 is 0 Å². The second-order valence-electron chi connectivity index (χ2n) is 3.02. The summed E-state index contributed by atoms with van der Waals surface area (Å²) in [5, 5.41) is 0. The van der Waals surface area contributed by atoms with Gasteiger partial charge in [0.2, 0.25) is 0 Å². The molecule has 1 aromatic heterocycles. The van der Waals surface area contributed by atoms with Crippen molar-refractivity contribution in [2.45, 2.75) is 0 Å². The van der Waals surface area contributed by atoms with Crippen LogP contribution in [0.15, 0.2) is 36.5 Å². The molecule has 1 aromatic carbocycles. The van der Waals surface area contributed by atoms with Crippen molar-refractivity contribution in [1.82, 2.24) is 4.57 Å². The molecule has 0 saturated heterocycles. The third-order valence-electron chi connectivity index (χ3n) is 2.08. The van der Waals surface area contributed by atoms with Crippen LogP contribution in [-0.4, -0.2) is 10.9 Å². The highest BCUT2D eigenvalue weighted by molar-refractivity contribution is 5.73. The van der Waals surface area contributed by atoms with Crippen molar-refractivity contribution in [1.29, 1.82) is 0 Å². The molecule has 0 radical (unpaired) electrons. The molecule has 0 saturated carbocycles. The van der Waals surface area contributed by atoms with Crippen molar-refractivity contribution in [2.24, 2.45) is 0 Å². The predicted octanol–water partition coefficient (Wildman–Crippen LogP) is 2.57. The van der Waals surface area contributed by atoms with Crippen LogP contribution in [0.3, 0.4) is 0 Å². The summed E-state index contributed by atoms with van der Waals surface area (Å²) < 4.78 is 27.1. The first-order valence-corrected chi connectivity index (χ1v) is 4.30. The number of halogens is 2. The summed E-state index contributed by atoms with van der Waals surface area (Å²) in [5.41, 5.74) is 0.807. The lowest BCUT2D eigenvalue weighted by Crippen LogP contribution is -1.98. The van der Waals surface area contributed by atoms with E-state index in [9.17, 15) is 13.6 Å². The Kier molecular flexibility index (Phi) is 2.33. The number of carbonyl (C=O) groups excluding carboxylic acids is 1. The van der Waals surface area contributed by atoms with Gasteiger partial charge in [0.25, 0.3) is 0 Å². The first kappa shape index (κ1) is 9.58. The fourth-order valence-corrected chi connectivity index (χ4v) is 1.36. The average Bonchev–Trinajstić information content (AvgIpc) is 2.70. The largest absolute Gasteiger partial charge is 0.314 e. The van der Waals surface area contributed by atoms with Gasteiger partial charge < -0.3 is 4.57 Å². The van der Waals surface area contributed by atoms with Crippen molar-refractivity contribution in [3.63, 3.8) is 0 Å². The quantitative estimate of drug-likeness (QED) is 0.693. The Morgan fingerprint density at radius 3 is 2.60 bits per heavy atom. The molecule has 2 nitrogen and oxygen atoms in total. The number of aldehydes is 1. The van der Waals surface area contributed by atoms with Gasteiger partial charge in [0.15, 0.2) is 17.9 Å². The lowest BCUT2D eigenvalue weighted by molar-refractivity contribution is 0.111. The standard InChI is InChI=1S/C11H7F2NO/c12-10-4-3-8(6-11(10)13)14-5-1-2-9(14)7-15/h1-7H. The van der Waals surface area contributed by atoms with Crippen molar-refractivity contribution in [3.05, 3.63) is 53.9 Å². The van der Waals surface area contributed by atoms with Gasteiger partial charge in [-0.3, -0.25) is 4.79 Å². The Morgan fingerprint density at radius 2 is 1.93 bits per heavy atom. The summed E-state index contributed by atoms with van der Waals surface area (Å²) in [6.07, 6.45) is 2.26. The third kappa shape index (κ3) is 1.66. The normalized spacial score (nSPS) is 10.3. The van der Waals surface area contributed by atoms with Gasteiger partial charge in [0, 0.05) is 18.0 Å². The number of benzene rings is 1. The number of aromatic nitrogens is 1. The molecule has 2 rings (SSSR count). The number of hydrogen-bond donors (Lipinski definition) is 0. The zero-order valence-corrected chi connectivity index (χ0v) is 7.65. The Morgan fingerprint density at radius 1 is 1.13 bits per heavy atom. The Balaban J connectivity index is 2.54. The molecule has 0 aliphatic heterocycles. The summed E-state index contributed by atoms with van der Waals surface area (Å²) in [6.45, 7) is 0. The maximum Gasteiger partial charge on any atom is 0.166 e. The van der Waals surface area contributed by atoms with E-state index in [1.165, 1.54) is 10.6 Å². The van der Waals surface area contributed by atoms with Gasteiger partial charge in [-0.1, -0.05) is 0 Å². The van der Waals surface area contributed by atoms with Crippen molar-refractivity contribution < 1.29 is 13.6 Å². The highest BCUT2D eigenvalue weighted by atomic mass is 19.2. The topological polar surface area (TPSA) is 22.0 Å². The van der Waals surface area contributed by atoms with E-state index in [4.69, 9.17) is 0 Å². The molecule has 0 N–H and O–H groups in total. The molecular weight excluding hydrogens is 200 g/mol. The van der Waals surface area contributed by atoms with Crippen LogP contribution >= 0.6 is 0 Å². The fourth-order valence-electron chi connectivity index (χ4n) is 1.36. The minimum Gasteiger partial charge on any atom is -0.314 e. The van der Waals surface area contributed by atoms with Crippen LogP contribution in [-0.2, 0) is 0 Å². The first-order valence-electron chi connectivity index (χ1n) is 4.30. The Hall–Kier alpha value is -1.97. The molecule has 0 atom stereocenters. The van der Waals surface area contributed by atoms with Gasteiger partial charge in [0.1, 0.15) is 0 Å². The summed E-state index contributed by atoms with van der Waals surface area (Å²) in [7, 11) is 0. The van der Waals surface area contributed by atoms with Crippen LogP contribution in [0.25, 0.3) is 5.69 Å². The van der Waals surface area contributed by atoms with Gasteiger partial charge in [-0.15, -0.1) is 0 Å². The maximum absolute atomic E-state index is 12.9. The van der Waals surface area contributed by atoms with Gasteiger partial charge in [-0.05, 0) is 24.3 Å². The van der Waals surface area contributed by atoms with E-state index in [-0.39, 0.29) is 0 Å². The molecule has 0 amide bonds. The van der Waals surface area contributed by atoms with E-state index in [2.05, 4.69) is 0 Å². The lowest BCUT2D eigenvalue weighted by atomic mass is 10.3. The molecule has 4 heteroatoms. The van der Waals surface area contributed by atoms with Crippen LogP contribution in [0.5, 0.6) is 0 Å². The van der Waals surface area contributed by atoms with Crippen LogP contribution in [0.4, 0.5) is 8.78 Å².